The Morgan fingerprint density at radius 1 is 1.37 bits per heavy atom. The third-order valence-electron chi connectivity index (χ3n) is 5.29. The van der Waals surface area contributed by atoms with E-state index in [4.69, 9.17) is 5.26 Å². The van der Waals surface area contributed by atoms with Crippen molar-refractivity contribution >= 4 is 5.78 Å². The molecule has 0 unspecified atom stereocenters. The van der Waals surface area contributed by atoms with Crippen molar-refractivity contribution in [2.24, 2.45) is 5.92 Å². The summed E-state index contributed by atoms with van der Waals surface area (Å²) >= 11 is 0. The van der Waals surface area contributed by atoms with Gasteiger partial charge in [0.2, 0.25) is 0 Å². The number of alkyl halides is 3. The molecule has 2 heterocycles. The predicted octanol–water partition coefficient (Wildman–Crippen LogP) is 2.02. The maximum atomic E-state index is 13.3. The van der Waals surface area contributed by atoms with E-state index in [0.29, 0.717) is 30.9 Å². The molecule has 1 aliphatic carbocycles. The summed E-state index contributed by atoms with van der Waals surface area (Å²) in [6, 6.07) is 3.83. The van der Waals surface area contributed by atoms with Crippen molar-refractivity contribution in [3.63, 3.8) is 0 Å². The first-order valence-corrected chi connectivity index (χ1v) is 8.44. The summed E-state index contributed by atoms with van der Waals surface area (Å²) in [5, 5.41) is 20.5. The lowest BCUT2D eigenvalue weighted by atomic mass is 10.0. The number of Topliss-reactive ketones (excluding diaryl/α,β-unsaturated/α-hetero) is 1. The molecule has 2 atom stereocenters. The Labute approximate surface area is 152 Å². The van der Waals surface area contributed by atoms with Gasteiger partial charge in [-0.1, -0.05) is 0 Å². The molecule has 140 valence electrons. The molecule has 2 aliphatic rings. The van der Waals surface area contributed by atoms with Gasteiger partial charge in [-0.3, -0.25) is 9.69 Å². The second kappa shape index (κ2) is 6.13. The van der Waals surface area contributed by atoms with Crippen molar-refractivity contribution in [2.75, 3.05) is 6.54 Å². The zero-order valence-electron chi connectivity index (χ0n) is 14.4. The lowest BCUT2D eigenvalue weighted by molar-refractivity contribution is -0.137. The van der Waals surface area contributed by atoms with Crippen LogP contribution >= 0.6 is 0 Å². The summed E-state index contributed by atoms with van der Waals surface area (Å²) in [6.45, 7) is 2.58. The van der Waals surface area contributed by atoms with E-state index in [9.17, 15) is 18.0 Å². The molecular formula is C17H15F3N6O. The van der Waals surface area contributed by atoms with E-state index in [1.807, 2.05) is 0 Å². The van der Waals surface area contributed by atoms with Gasteiger partial charge in [0.15, 0.2) is 5.82 Å². The number of rotatable bonds is 3. The van der Waals surface area contributed by atoms with E-state index in [2.05, 4.69) is 20.4 Å². The van der Waals surface area contributed by atoms with Crippen LogP contribution < -0.4 is 0 Å². The monoisotopic (exact) mass is 376 g/mol. The van der Waals surface area contributed by atoms with Gasteiger partial charge in [-0.15, -0.1) is 5.10 Å². The highest BCUT2D eigenvalue weighted by Gasteiger charge is 2.44. The van der Waals surface area contributed by atoms with Crippen LogP contribution in [-0.4, -0.2) is 43.5 Å². The van der Waals surface area contributed by atoms with Gasteiger partial charge in [0.25, 0.3) is 0 Å². The van der Waals surface area contributed by atoms with Crippen LogP contribution in [0.3, 0.4) is 0 Å². The van der Waals surface area contributed by atoms with Gasteiger partial charge in [0.1, 0.15) is 5.78 Å². The number of ketones is 1. The van der Waals surface area contributed by atoms with Gasteiger partial charge >= 0.3 is 6.18 Å². The Kier molecular flexibility index (Phi) is 3.99. The van der Waals surface area contributed by atoms with E-state index in [1.165, 1.54) is 10.7 Å². The molecule has 0 amide bonds. The fraction of sp³-hybridized carbons (Fsp3) is 0.471. The Bertz CT molecular complexity index is 961. The van der Waals surface area contributed by atoms with E-state index >= 15 is 0 Å². The fourth-order valence-corrected chi connectivity index (χ4v) is 3.95. The number of hydrogen-bond acceptors (Lipinski definition) is 6. The first-order chi connectivity index (χ1) is 12.8. The van der Waals surface area contributed by atoms with E-state index in [-0.39, 0.29) is 23.4 Å². The van der Waals surface area contributed by atoms with Gasteiger partial charge in [0.05, 0.1) is 29.4 Å². The zero-order valence-corrected chi connectivity index (χ0v) is 14.4. The highest BCUT2D eigenvalue weighted by atomic mass is 19.4. The molecule has 0 spiro atoms. The van der Waals surface area contributed by atoms with Gasteiger partial charge in [0, 0.05) is 24.9 Å². The summed E-state index contributed by atoms with van der Waals surface area (Å²) < 4.78 is 41.2. The van der Waals surface area contributed by atoms with Gasteiger partial charge in [-0.2, -0.15) is 23.1 Å². The Morgan fingerprint density at radius 3 is 2.74 bits per heavy atom. The quantitative estimate of drug-likeness (QED) is 0.815. The largest absolute Gasteiger partial charge is 0.417 e. The number of hydrogen-bond donors (Lipinski definition) is 0. The van der Waals surface area contributed by atoms with Crippen LogP contribution in [0, 0.1) is 24.2 Å². The van der Waals surface area contributed by atoms with Gasteiger partial charge < -0.3 is 0 Å². The maximum absolute atomic E-state index is 13.3. The molecule has 1 aromatic carbocycles. The van der Waals surface area contributed by atoms with Gasteiger partial charge in [-0.05, 0) is 41.5 Å². The molecule has 0 radical (unpaired) electrons. The van der Waals surface area contributed by atoms with E-state index < -0.39 is 17.3 Å². The lowest BCUT2D eigenvalue weighted by Crippen LogP contribution is -2.35. The number of benzene rings is 1. The van der Waals surface area contributed by atoms with Crippen LogP contribution in [0.5, 0.6) is 0 Å². The summed E-state index contributed by atoms with van der Waals surface area (Å²) in [5.74, 6) is 0.706. The topological polar surface area (TPSA) is 87.7 Å². The van der Waals surface area contributed by atoms with Crippen LogP contribution in [0.25, 0.3) is 5.69 Å². The zero-order chi connectivity index (χ0) is 19.3. The number of nitriles is 1. The number of carbonyl (C=O) groups is 1. The molecule has 2 fully saturated rings. The molecule has 1 aliphatic heterocycles. The van der Waals surface area contributed by atoms with Crippen molar-refractivity contribution in [1.29, 1.82) is 5.26 Å². The number of tetrazole rings is 1. The minimum absolute atomic E-state index is 0.0350. The fourth-order valence-electron chi connectivity index (χ4n) is 3.95. The Morgan fingerprint density at radius 2 is 2.15 bits per heavy atom. The molecule has 0 N–H and O–H groups in total. The van der Waals surface area contributed by atoms with E-state index in [1.54, 1.807) is 13.0 Å². The second-order valence-electron chi connectivity index (χ2n) is 6.99. The maximum Gasteiger partial charge on any atom is 0.417 e. The normalized spacial score (nSPS) is 22.4. The average molecular weight is 376 g/mol. The van der Waals surface area contributed by atoms with Crippen LogP contribution in [-0.2, 0) is 17.5 Å². The van der Waals surface area contributed by atoms with Crippen molar-refractivity contribution in [3.05, 3.63) is 34.6 Å². The van der Waals surface area contributed by atoms with Crippen molar-refractivity contribution in [3.8, 4) is 11.8 Å². The molecule has 1 aromatic heterocycles. The number of fused-ring (bicyclic) bond motifs is 2. The first kappa shape index (κ1) is 17.6. The summed E-state index contributed by atoms with van der Waals surface area (Å²) in [7, 11) is 0. The van der Waals surface area contributed by atoms with Crippen molar-refractivity contribution in [2.45, 2.75) is 38.5 Å². The number of aromatic nitrogens is 4. The highest BCUT2D eigenvalue weighted by molar-refractivity contribution is 5.85. The van der Waals surface area contributed by atoms with Gasteiger partial charge in [-0.25, -0.2) is 0 Å². The van der Waals surface area contributed by atoms with E-state index in [0.717, 1.165) is 12.5 Å². The standard InChI is InChI=1S/C17H15F3N6O/c1-9-2-10(6-21)13(17(18,19)20)5-14(9)26-16(22-23-24-26)8-25-7-11-3-12(25)4-15(11)27/h2,5,11-12H,3-4,7-8H2,1H3/t11-,12-/m0/s1. The second-order valence-corrected chi connectivity index (χ2v) is 6.99. The average Bonchev–Trinajstić information content (AvgIpc) is 3.29. The molecule has 27 heavy (non-hydrogen) atoms. The van der Waals surface area contributed by atoms with Crippen molar-refractivity contribution < 1.29 is 18.0 Å². The SMILES string of the molecule is Cc1cc(C#N)c(C(F)(F)F)cc1-n1nnnc1CN1C[C@@H]2C[C@H]1CC2=O. The molecule has 4 rings (SSSR count). The summed E-state index contributed by atoms with van der Waals surface area (Å²) in [5.41, 5.74) is -0.806. The van der Waals surface area contributed by atoms with Crippen LogP contribution in [0.15, 0.2) is 12.1 Å². The van der Waals surface area contributed by atoms with Crippen LogP contribution in [0.1, 0.15) is 35.4 Å². The molecule has 7 nitrogen and oxygen atoms in total. The lowest BCUT2D eigenvalue weighted by Gasteiger charge is -2.25. The number of likely N-dealkylation sites (tertiary alicyclic amines) is 1. The molecule has 2 aromatic rings. The highest BCUT2D eigenvalue weighted by Crippen LogP contribution is 2.37. The predicted molar refractivity (Wildman–Crippen MR) is 85.5 cm³/mol. The number of carbonyl (C=O) groups excluding carboxylic acids is 1. The first-order valence-electron chi connectivity index (χ1n) is 8.44. The third kappa shape index (κ3) is 2.98. The van der Waals surface area contributed by atoms with Crippen LogP contribution in [0.4, 0.5) is 13.2 Å². The Hall–Kier alpha value is -2.80. The van der Waals surface area contributed by atoms with Crippen molar-refractivity contribution in [1.82, 2.24) is 25.1 Å². The molecule has 10 heteroatoms. The minimum Gasteiger partial charge on any atom is -0.299 e. The molecular weight excluding hydrogens is 361 g/mol. The summed E-state index contributed by atoms with van der Waals surface area (Å²) in [6.07, 6.45) is -3.34. The van der Waals surface area contributed by atoms with Crippen LogP contribution in [0.2, 0.25) is 0 Å². The number of aryl methyl sites for hydroxylation is 1. The smallest absolute Gasteiger partial charge is 0.299 e. The minimum atomic E-state index is -4.66. The molecule has 2 bridgehead atoms. The Balaban J connectivity index is 1.69. The number of nitrogens with zero attached hydrogens (tertiary/aromatic N) is 6. The molecule has 1 saturated carbocycles. The molecule has 1 saturated heterocycles. The third-order valence-corrected chi connectivity index (χ3v) is 5.29. The number of halogens is 3. The summed E-state index contributed by atoms with van der Waals surface area (Å²) in [4.78, 5) is 13.8. The number of piperidine rings is 1.